The van der Waals surface area contributed by atoms with E-state index in [2.05, 4.69) is 11.4 Å². The highest BCUT2D eigenvalue weighted by Crippen LogP contribution is 2.28. The van der Waals surface area contributed by atoms with Crippen LogP contribution < -0.4 is 10.2 Å². The zero-order valence-corrected chi connectivity index (χ0v) is 16.7. The lowest BCUT2D eigenvalue weighted by molar-refractivity contribution is 0.0984. The van der Waals surface area contributed by atoms with Crippen molar-refractivity contribution in [1.29, 1.82) is 0 Å². The fourth-order valence-corrected chi connectivity index (χ4v) is 3.68. The average molecular weight is 384 g/mol. The number of rotatable bonds is 3. The van der Waals surface area contributed by atoms with Gasteiger partial charge in [-0.25, -0.2) is 0 Å². The summed E-state index contributed by atoms with van der Waals surface area (Å²) in [7, 11) is 0. The van der Waals surface area contributed by atoms with Crippen LogP contribution in [0.3, 0.4) is 0 Å². The maximum atomic E-state index is 13.0. The van der Waals surface area contributed by atoms with Crippen LogP contribution in [0.4, 0.5) is 11.4 Å². The molecule has 0 unspecified atom stereocenters. The molecule has 4 heteroatoms. The molecule has 29 heavy (non-hydrogen) atoms. The molecule has 0 bridgehead atoms. The molecule has 0 atom stereocenters. The van der Waals surface area contributed by atoms with E-state index in [1.54, 1.807) is 24.3 Å². The Bertz CT molecular complexity index is 1070. The van der Waals surface area contributed by atoms with Crippen LogP contribution in [-0.4, -0.2) is 18.4 Å². The minimum atomic E-state index is -0.155. The van der Waals surface area contributed by atoms with Crippen LogP contribution in [-0.2, 0) is 6.42 Å². The third-order valence-electron chi connectivity index (χ3n) is 5.51. The van der Waals surface area contributed by atoms with Gasteiger partial charge in [-0.2, -0.15) is 0 Å². The number of nitrogens with zero attached hydrogens (tertiary/aromatic N) is 1. The number of para-hydroxylation sites is 1. The topological polar surface area (TPSA) is 49.4 Å². The summed E-state index contributed by atoms with van der Waals surface area (Å²) in [6, 6.07) is 20.8. The summed E-state index contributed by atoms with van der Waals surface area (Å²) in [5, 5.41) is 2.90. The van der Waals surface area contributed by atoms with Crippen molar-refractivity contribution >= 4 is 23.2 Å². The molecule has 1 heterocycles. The molecule has 4 rings (SSSR count). The second-order valence-corrected chi connectivity index (χ2v) is 7.52. The van der Waals surface area contributed by atoms with Crippen molar-refractivity contribution in [3.63, 3.8) is 0 Å². The van der Waals surface area contributed by atoms with Gasteiger partial charge >= 0.3 is 0 Å². The normalized spacial score (nSPS) is 13.0. The van der Waals surface area contributed by atoms with Gasteiger partial charge in [0, 0.05) is 29.0 Å². The average Bonchev–Trinajstić information content (AvgIpc) is 2.75. The maximum Gasteiger partial charge on any atom is 0.258 e. The largest absolute Gasteiger partial charge is 0.322 e. The van der Waals surface area contributed by atoms with Gasteiger partial charge < -0.3 is 10.2 Å². The van der Waals surface area contributed by atoms with E-state index in [1.807, 2.05) is 55.1 Å². The molecule has 0 saturated carbocycles. The minimum Gasteiger partial charge on any atom is -0.322 e. The van der Waals surface area contributed by atoms with Gasteiger partial charge in [0.1, 0.15) is 0 Å². The monoisotopic (exact) mass is 384 g/mol. The number of carbonyl (C=O) groups excluding carboxylic acids is 2. The standard InChI is InChI=1S/C25H24N2O2/c1-17-9-10-21(16-18(17)2)24(28)26-22-13-11-20(12-14-22)25(29)27-15-5-7-19-6-3-4-8-23(19)27/h3-4,6,8-14,16H,5,7,15H2,1-2H3,(H,26,28). The van der Waals surface area contributed by atoms with Crippen LogP contribution in [0.15, 0.2) is 66.7 Å². The summed E-state index contributed by atoms with van der Waals surface area (Å²) in [4.78, 5) is 27.4. The van der Waals surface area contributed by atoms with Crippen molar-refractivity contribution < 1.29 is 9.59 Å². The Hall–Kier alpha value is -3.40. The molecule has 1 N–H and O–H groups in total. The predicted octanol–water partition coefficient (Wildman–Crippen LogP) is 5.15. The SMILES string of the molecule is Cc1ccc(C(=O)Nc2ccc(C(=O)N3CCCc4ccccc43)cc2)cc1C. The van der Waals surface area contributed by atoms with E-state index < -0.39 is 0 Å². The first-order valence-electron chi connectivity index (χ1n) is 9.91. The second-order valence-electron chi connectivity index (χ2n) is 7.52. The van der Waals surface area contributed by atoms with Gasteiger partial charge in [0.2, 0.25) is 0 Å². The number of aryl methyl sites for hydroxylation is 3. The summed E-state index contributed by atoms with van der Waals surface area (Å²) >= 11 is 0. The Labute approximate surface area is 171 Å². The molecule has 0 saturated heterocycles. The van der Waals surface area contributed by atoms with Gasteiger partial charge in [-0.05, 0) is 85.8 Å². The van der Waals surface area contributed by atoms with E-state index in [0.29, 0.717) is 16.8 Å². The highest BCUT2D eigenvalue weighted by atomic mass is 16.2. The lowest BCUT2D eigenvalue weighted by atomic mass is 10.0. The van der Waals surface area contributed by atoms with Gasteiger partial charge in [0.15, 0.2) is 0 Å². The Kier molecular flexibility index (Phi) is 5.17. The molecule has 4 nitrogen and oxygen atoms in total. The molecule has 0 aromatic heterocycles. The third-order valence-corrected chi connectivity index (χ3v) is 5.51. The molecular formula is C25H24N2O2. The van der Waals surface area contributed by atoms with Crippen LogP contribution in [0.2, 0.25) is 0 Å². The van der Waals surface area contributed by atoms with Crippen LogP contribution in [0, 0.1) is 13.8 Å². The van der Waals surface area contributed by atoms with E-state index in [4.69, 9.17) is 0 Å². The number of nitrogens with one attached hydrogen (secondary N) is 1. The van der Waals surface area contributed by atoms with Gasteiger partial charge in [-0.3, -0.25) is 9.59 Å². The molecule has 2 amide bonds. The highest BCUT2D eigenvalue weighted by Gasteiger charge is 2.23. The fraction of sp³-hybridized carbons (Fsp3) is 0.200. The number of hydrogen-bond donors (Lipinski definition) is 1. The molecule has 146 valence electrons. The van der Waals surface area contributed by atoms with Crippen molar-refractivity contribution in [3.05, 3.63) is 94.5 Å². The molecule has 1 aliphatic rings. The molecule has 0 aliphatic carbocycles. The highest BCUT2D eigenvalue weighted by molar-refractivity contribution is 6.08. The Morgan fingerprint density at radius 3 is 2.34 bits per heavy atom. The van der Waals surface area contributed by atoms with E-state index >= 15 is 0 Å². The Balaban J connectivity index is 1.49. The number of fused-ring (bicyclic) bond motifs is 1. The van der Waals surface area contributed by atoms with Gasteiger partial charge in [0.25, 0.3) is 11.8 Å². The van der Waals surface area contributed by atoms with Crippen LogP contribution in [0.1, 0.15) is 43.8 Å². The number of benzene rings is 3. The number of hydrogen-bond acceptors (Lipinski definition) is 2. The first kappa shape index (κ1) is 18.9. The lowest BCUT2D eigenvalue weighted by Gasteiger charge is -2.29. The molecule has 3 aromatic rings. The third kappa shape index (κ3) is 3.92. The van der Waals surface area contributed by atoms with Crippen LogP contribution in [0.25, 0.3) is 0 Å². The van der Waals surface area contributed by atoms with E-state index in [0.717, 1.165) is 36.2 Å². The summed E-state index contributed by atoms with van der Waals surface area (Å²) in [6.07, 6.45) is 1.97. The summed E-state index contributed by atoms with van der Waals surface area (Å²) in [5.41, 5.74) is 6.36. The molecule has 1 aliphatic heterocycles. The van der Waals surface area contributed by atoms with Crippen molar-refractivity contribution in [1.82, 2.24) is 0 Å². The van der Waals surface area contributed by atoms with E-state index in [1.165, 1.54) is 5.56 Å². The lowest BCUT2D eigenvalue weighted by Crippen LogP contribution is -2.35. The summed E-state index contributed by atoms with van der Waals surface area (Å²) in [5.74, 6) is -0.165. The Morgan fingerprint density at radius 1 is 0.862 bits per heavy atom. The first-order chi connectivity index (χ1) is 14.0. The molecule has 3 aromatic carbocycles. The number of amides is 2. The molecular weight excluding hydrogens is 360 g/mol. The van der Waals surface area contributed by atoms with Crippen molar-refractivity contribution in [2.75, 3.05) is 16.8 Å². The maximum absolute atomic E-state index is 13.0. The van der Waals surface area contributed by atoms with Crippen molar-refractivity contribution in [3.8, 4) is 0 Å². The zero-order chi connectivity index (χ0) is 20.4. The zero-order valence-electron chi connectivity index (χ0n) is 16.7. The summed E-state index contributed by atoms with van der Waals surface area (Å²) in [6.45, 7) is 4.74. The molecule has 0 fully saturated rings. The second kappa shape index (κ2) is 7.92. The first-order valence-corrected chi connectivity index (χ1v) is 9.91. The van der Waals surface area contributed by atoms with Gasteiger partial charge in [-0.1, -0.05) is 24.3 Å². The minimum absolute atomic E-state index is 0.0100. The fourth-order valence-electron chi connectivity index (χ4n) is 3.68. The van der Waals surface area contributed by atoms with Crippen molar-refractivity contribution in [2.45, 2.75) is 26.7 Å². The smallest absolute Gasteiger partial charge is 0.258 e. The number of anilines is 2. The van der Waals surface area contributed by atoms with E-state index in [9.17, 15) is 9.59 Å². The van der Waals surface area contributed by atoms with Crippen LogP contribution >= 0.6 is 0 Å². The molecule has 0 radical (unpaired) electrons. The number of carbonyl (C=O) groups is 2. The predicted molar refractivity (Wildman–Crippen MR) is 117 cm³/mol. The van der Waals surface area contributed by atoms with Crippen LogP contribution in [0.5, 0.6) is 0 Å². The van der Waals surface area contributed by atoms with E-state index in [-0.39, 0.29) is 11.8 Å². The quantitative estimate of drug-likeness (QED) is 0.679. The van der Waals surface area contributed by atoms with Gasteiger partial charge in [-0.15, -0.1) is 0 Å². The van der Waals surface area contributed by atoms with Gasteiger partial charge in [0.05, 0.1) is 0 Å². The summed E-state index contributed by atoms with van der Waals surface area (Å²) < 4.78 is 0. The Morgan fingerprint density at radius 2 is 1.59 bits per heavy atom. The van der Waals surface area contributed by atoms with Crippen molar-refractivity contribution in [2.24, 2.45) is 0 Å². The molecule has 0 spiro atoms.